The fraction of sp³-hybridized carbons (Fsp3) is 0.194. The Kier molecular flexibility index (Phi) is 14.6. The van der Waals surface area contributed by atoms with Gasteiger partial charge >= 0.3 is 20.8 Å². The smallest absolute Gasteiger partial charge is 0.397 e. The Labute approximate surface area is 368 Å². The molecule has 6 N–H and O–H groups in total. The summed E-state index contributed by atoms with van der Waals surface area (Å²) < 4.78 is 190. The van der Waals surface area contributed by atoms with Gasteiger partial charge in [-0.1, -0.05) is 6.07 Å². The topological polar surface area (TPSA) is 403 Å². The van der Waals surface area contributed by atoms with Crippen molar-refractivity contribution in [2.45, 2.75) is 26.5 Å². The minimum Gasteiger partial charge on any atom is -0.505 e. The number of nitrogens with one attached hydrogen (secondary N) is 1. The number of nitrogens with zero attached hydrogens (tertiary/aromatic N) is 6. The summed E-state index contributed by atoms with van der Waals surface area (Å²) in [4.78, 5) is 10.9. The summed E-state index contributed by atoms with van der Waals surface area (Å²) in [5.74, 6) is -3.55. The van der Waals surface area contributed by atoms with Gasteiger partial charge in [0, 0.05) is 17.6 Å². The van der Waals surface area contributed by atoms with E-state index in [4.69, 9.17) is 20.7 Å². The molecule has 0 aliphatic heterocycles. The molecule has 5 rings (SSSR count). The fourth-order valence-electron chi connectivity index (χ4n) is 5.48. The average molecular weight is 1030 g/mol. The maximum atomic E-state index is 12.9. The molecule has 0 aliphatic carbocycles. The molecule has 0 spiro atoms. The highest BCUT2D eigenvalue weighted by atomic mass is 35.5. The minimum atomic E-state index is -5.32. The first-order valence-electron chi connectivity index (χ1n) is 17.0. The van der Waals surface area contributed by atoms with Crippen LogP contribution in [0, 0.1) is 0 Å². The molecule has 5 aromatic rings. The lowest BCUT2D eigenvalue weighted by Gasteiger charge is -2.22. The molecular formula is C31H30ClN7O19S6. The van der Waals surface area contributed by atoms with Crippen LogP contribution < -0.4 is 10.2 Å². The Balaban J connectivity index is 1.57. The molecule has 0 aliphatic rings. The largest absolute Gasteiger partial charge is 0.505 e. The number of aromatic nitrogens is 3. The van der Waals surface area contributed by atoms with Crippen LogP contribution in [0.2, 0.25) is 5.28 Å². The molecule has 0 saturated heterocycles. The van der Waals surface area contributed by atoms with E-state index in [0.717, 1.165) is 36.4 Å². The number of azo groups is 1. The lowest BCUT2D eigenvalue weighted by Crippen LogP contribution is -2.21. The third-order valence-electron chi connectivity index (χ3n) is 8.22. The highest BCUT2D eigenvalue weighted by Crippen LogP contribution is 2.46. The molecule has 33 heteroatoms. The van der Waals surface area contributed by atoms with Crippen LogP contribution in [-0.2, 0) is 69.1 Å². The van der Waals surface area contributed by atoms with Gasteiger partial charge in [0.05, 0.1) is 50.8 Å². The number of anilines is 4. The van der Waals surface area contributed by atoms with E-state index >= 15 is 0 Å². The van der Waals surface area contributed by atoms with Crippen molar-refractivity contribution in [1.29, 1.82) is 0 Å². The molecular weight excluding hydrogens is 1000 g/mol. The molecule has 64 heavy (non-hydrogen) atoms. The number of halogens is 1. The number of rotatable bonds is 19. The minimum absolute atomic E-state index is 0.0223. The number of hydrogen-bond acceptors (Lipinski definition) is 22. The molecule has 0 amide bonds. The van der Waals surface area contributed by atoms with Crippen molar-refractivity contribution in [3.8, 4) is 5.75 Å². The van der Waals surface area contributed by atoms with Crippen molar-refractivity contribution in [3.05, 3.63) is 72.0 Å². The molecule has 1 aromatic heterocycles. The van der Waals surface area contributed by atoms with Gasteiger partial charge in [0.2, 0.25) is 17.2 Å². The molecule has 4 aromatic carbocycles. The second kappa shape index (κ2) is 18.8. The van der Waals surface area contributed by atoms with E-state index in [0.29, 0.717) is 6.07 Å². The Morgan fingerprint density at radius 2 is 1.28 bits per heavy atom. The van der Waals surface area contributed by atoms with Crippen LogP contribution in [0.15, 0.2) is 96.5 Å². The van der Waals surface area contributed by atoms with Gasteiger partial charge in [-0.25, -0.2) is 25.2 Å². The van der Waals surface area contributed by atoms with Crippen LogP contribution in [0.25, 0.3) is 10.8 Å². The van der Waals surface area contributed by atoms with Gasteiger partial charge in [-0.15, -0.1) is 5.11 Å². The van der Waals surface area contributed by atoms with Gasteiger partial charge in [0.1, 0.15) is 10.6 Å². The van der Waals surface area contributed by atoms with Gasteiger partial charge in [0.15, 0.2) is 25.4 Å². The third kappa shape index (κ3) is 12.8. The normalized spacial score (nSPS) is 13.1. The third-order valence-corrected chi connectivity index (χ3v) is 14.4. The lowest BCUT2D eigenvalue weighted by molar-refractivity contribution is 0.282. The highest BCUT2D eigenvalue weighted by Gasteiger charge is 2.27. The molecule has 346 valence electrons. The van der Waals surface area contributed by atoms with Gasteiger partial charge in [-0.3, -0.25) is 18.2 Å². The molecule has 0 radical (unpaired) electrons. The zero-order chi connectivity index (χ0) is 47.6. The van der Waals surface area contributed by atoms with Crippen LogP contribution in [0.5, 0.6) is 5.75 Å². The second-order valence-corrected chi connectivity index (χ2v) is 22.1. The molecule has 0 unspecified atom stereocenters. The first kappa shape index (κ1) is 49.9. The summed E-state index contributed by atoms with van der Waals surface area (Å²) in [6.45, 7) is -0.207. The Morgan fingerprint density at radius 3 is 1.83 bits per heavy atom. The van der Waals surface area contributed by atoms with E-state index in [1.807, 2.05) is 0 Å². The summed E-state index contributed by atoms with van der Waals surface area (Å²) in [5, 5.41) is 20.3. The van der Waals surface area contributed by atoms with E-state index in [1.54, 1.807) is 6.92 Å². The van der Waals surface area contributed by atoms with E-state index in [9.17, 15) is 64.7 Å². The first-order valence-corrected chi connectivity index (χ1v) is 26.3. The predicted octanol–water partition coefficient (Wildman–Crippen LogP) is 3.38. The maximum Gasteiger partial charge on any atom is 0.397 e. The Morgan fingerprint density at radius 1 is 0.688 bits per heavy atom. The predicted molar refractivity (Wildman–Crippen MR) is 222 cm³/mol. The van der Waals surface area contributed by atoms with E-state index in [-0.39, 0.29) is 33.7 Å². The summed E-state index contributed by atoms with van der Waals surface area (Å²) in [6.07, 6.45) is 0. The van der Waals surface area contributed by atoms with Crippen molar-refractivity contribution in [2.75, 3.05) is 41.5 Å². The number of aromatic hydroxyl groups is 1. The quantitative estimate of drug-likeness (QED) is 0.0510. The van der Waals surface area contributed by atoms with Gasteiger partial charge < -0.3 is 15.3 Å². The molecule has 1 heterocycles. The Hall–Kier alpha value is -5.10. The molecule has 0 bridgehead atoms. The standard InChI is InChI=1S/C31H30ClN7O19S6/c1-2-39(20-4-3-5-22(16-20)60(43,44)13-11-58-64(54,55)56)31-35-29(32)34-30(36-31)33-24-17-23(61(45,46)47)14-18-15-25(62(48,49)50)27(28(40)26(18)24)38-37-19-6-8-21(9-7-19)59(41,42)12-10-57-63(51,52)53/h3-9,14-17,40H,2,10-13H2,1H3,(H,45,46,47)(H,48,49,50)(H,51,52,53)(H,54,55,56)(H,33,34,35,36). The van der Waals surface area contributed by atoms with Crippen molar-refractivity contribution >= 4 is 118 Å². The molecule has 26 nitrogen and oxygen atoms in total. The van der Waals surface area contributed by atoms with E-state index in [1.165, 1.54) is 29.2 Å². The average Bonchev–Trinajstić information content (AvgIpc) is 3.15. The summed E-state index contributed by atoms with van der Waals surface area (Å²) in [7, 11) is -28.7. The molecule has 0 fully saturated rings. The zero-order valence-electron chi connectivity index (χ0n) is 31.8. The fourth-order valence-corrected chi connectivity index (χ4v) is 9.85. The van der Waals surface area contributed by atoms with Gasteiger partial charge in [-0.05, 0) is 84.6 Å². The van der Waals surface area contributed by atoms with Crippen molar-refractivity contribution in [3.63, 3.8) is 0 Å². The van der Waals surface area contributed by atoms with Crippen LogP contribution in [0.3, 0.4) is 0 Å². The molecule has 0 saturated carbocycles. The summed E-state index contributed by atoms with van der Waals surface area (Å²) in [6, 6.07) is 11.4. The number of phenolic OH excluding ortho intramolecular Hbond substituents is 1. The zero-order valence-corrected chi connectivity index (χ0v) is 37.5. The number of fused-ring (bicyclic) bond motifs is 1. The number of hydrogen-bond donors (Lipinski definition) is 6. The lowest BCUT2D eigenvalue weighted by atomic mass is 10.1. The van der Waals surface area contributed by atoms with Crippen molar-refractivity contribution in [2.24, 2.45) is 10.2 Å². The summed E-state index contributed by atoms with van der Waals surface area (Å²) in [5.41, 5.74) is -1.44. The van der Waals surface area contributed by atoms with Crippen LogP contribution in [0.4, 0.5) is 34.6 Å². The van der Waals surface area contributed by atoms with Gasteiger partial charge in [0.25, 0.3) is 20.2 Å². The highest BCUT2D eigenvalue weighted by molar-refractivity contribution is 7.91. The maximum absolute atomic E-state index is 12.9. The molecule has 0 atom stereocenters. The van der Waals surface area contributed by atoms with Crippen molar-refractivity contribution in [1.82, 2.24) is 15.0 Å². The van der Waals surface area contributed by atoms with Crippen LogP contribution in [0.1, 0.15) is 6.92 Å². The first-order chi connectivity index (χ1) is 29.5. The second-order valence-electron chi connectivity index (χ2n) is 12.5. The van der Waals surface area contributed by atoms with Crippen LogP contribution >= 0.6 is 11.6 Å². The summed E-state index contributed by atoms with van der Waals surface area (Å²) >= 11 is 6.24. The van der Waals surface area contributed by atoms with E-state index < -0.39 is 134 Å². The monoisotopic (exact) mass is 1030 g/mol. The van der Waals surface area contributed by atoms with Crippen molar-refractivity contribution < 1.29 is 82.2 Å². The Bertz CT molecular complexity index is 3360. The van der Waals surface area contributed by atoms with E-state index in [2.05, 4.69) is 38.9 Å². The van der Waals surface area contributed by atoms with Gasteiger partial charge in [-0.2, -0.15) is 53.7 Å². The number of sulfone groups is 2. The van der Waals surface area contributed by atoms with Crippen LogP contribution in [-0.4, -0.2) is 120 Å². The number of phenols is 1. The number of benzene rings is 4. The SMILES string of the molecule is CCN(c1cccc(S(=O)(=O)CCOS(=O)(=O)O)c1)c1nc(Cl)nc(Nc2cc(S(=O)(=O)O)cc3cc(S(=O)(=O)O)c(N=Nc4ccc(S(=O)(=O)CCOS(=O)(=O)O)cc4)c(O)c23)n1.